The average Bonchev–Trinajstić information content (AvgIpc) is 2.52. The fourth-order valence-corrected chi connectivity index (χ4v) is 3.38. The molecule has 0 saturated heterocycles. The lowest BCUT2D eigenvalue weighted by Crippen LogP contribution is -2.39. The van der Waals surface area contributed by atoms with Crippen LogP contribution in [0.1, 0.15) is 36.9 Å². The molecule has 1 aromatic heterocycles. The van der Waals surface area contributed by atoms with Gasteiger partial charge in [-0.1, -0.05) is 49.2 Å². The number of aliphatic hydroxyl groups is 1. The maximum absolute atomic E-state index is 11.2. The molecule has 1 aliphatic carbocycles. The molecule has 1 aliphatic rings. The molecule has 0 unspecified atom stereocenters. The Hall–Kier alpha value is -1.67. The maximum Gasteiger partial charge on any atom is 0.0928 e. The third-order valence-electron chi connectivity index (χ3n) is 4.49. The highest BCUT2D eigenvalue weighted by Gasteiger charge is 2.40. The van der Waals surface area contributed by atoms with E-state index in [4.69, 9.17) is 0 Å². The second-order valence-electron chi connectivity index (χ2n) is 5.76. The van der Waals surface area contributed by atoms with Gasteiger partial charge in [-0.25, -0.2) is 0 Å². The van der Waals surface area contributed by atoms with E-state index < -0.39 is 5.60 Å². The molecule has 1 N–H and O–H groups in total. The summed E-state index contributed by atoms with van der Waals surface area (Å²) in [6.07, 6.45) is 6.92. The summed E-state index contributed by atoms with van der Waals surface area (Å²) in [5, 5.41) is 11.2. The van der Waals surface area contributed by atoms with Gasteiger partial charge >= 0.3 is 0 Å². The maximum atomic E-state index is 11.2. The Morgan fingerprint density at radius 1 is 1.05 bits per heavy atom. The van der Waals surface area contributed by atoms with Crippen molar-refractivity contribution >= 4 is 0 Å². The lowest BCUT2D eigenvalue weighted by molar-refractivity contribution is -0.0545. The van der Waals surface area contributed by atoms with Gasteiger partial charge in [-0.15, -0.1) is 0 Å². The molecule has 20 heavy (non-hydrogen) atoms. The Kier molecular flexibility index (Phi) is 3.83. The Morgan fingerprint density at radius 3 is 2.60 bits per heavy atom. The minimum Gasteiger partial charge on any atom is -0.385 e. The summed E-state index contributed by atoms with van der Waals surface area (Å²) < 4.78 is 0. The normalized spacial score (nSPS) is 26.4. The van der Waals surface area contributed by atoms with E-state index in [1.54, 1.807) is 0 Å². The predicted octanol–water partition coefficient (Wildman–Crippen LogP) is 3.70. The van der Waals surface area contributed by atoms with Crippen molar-refractivity contribution in [2.45, 2.75) is 37.7 Å². The van der Waals surface area contributed by atoms with Crippen molar-refractivity contribution in [3.8, 4) is 0 Å². The van der Waals surface area contributed by atoms with Gasteiger partial charge in [0.1, 0.15) is 0 Å². The van der Waals surface area contributed by atoms with Gasteiger partial charge < -0.3 is 5.11 Å². The van der Waals surface area contributed by atoms with Crippen LogP contribution in [0.5, 0.6) is 0 Å². The topological polar surface area (TPSA) is 33.1 Å². The Balaban J connectivity index is 1.87. The third kappa shape index (κ3) is 2.61. The van der Waals surface area contributed by atoms with Gasteiger partial charge in [-0.2, -0.15) is 0 Å². The van der Waals surface area contributed by atoms with Crippen molar-refractivity contribution in [1.82, 2.24) is 4.98 Å². The summed E-state index contributed by atoms with van der Waals surface area (Å²) in [4.78, 5) is 4.42. The quantitative estimate of drug-likeness (QED) is 0.919. The van der Waals surface area contributed by atoms with Gasteiger partial charge in [0.25, 0.3) is 0 Å². The number of pyridine rings is 1. The van der Waals surface area contributed by atoms with Crippen LogP contribution in [0.15, 0.2) is 54.7 Å². The molecule has 2 atom stereocenters. The fourth-order valence-electron chi connectivity index (χ4n) is 3.38. The zero-order valence-corrected chi connectivity index (χ0v) is 11.7. The Morgan fingerprint density at radius 2 is 1.85 bits per heavy atom. The number of benzene rings is 1. The van der Waals surface area contributed by atoms with Gasteiger partial charge in [0.15, 0.2) is 0 Å². The van der Waals surface area contributed by atoms with Gasteiger partial charge in [-0.05, 0) is 42.9 Å². The molecule has 2 aromatic rings. The minimum absolute atomic E-state index is 0.258. The second kappa shape index (κ2) is 5.76. The van der Waals surface area contributed by atoms with E-state index in [2.05, 4.69) is 23.2 Å². The minimum atomic E-state index is -0.697. The highest BCUT2D eigenvalue weighted by Crippen LogP contribution is 2.42. The summed E-state index contributed by atoms with van der Waals surface area (Å²) >= 11 is 0. The van der Waals surface area contributed by atoms with Gasteiger partial charge in [0, 0.05) is 11.9 Å². The first kappa shape index (κ1) is 13.3. The summed E-state index contributed by atoms with van der Waals surface area (Å²) in [5.74, 6) is 0.258. The van der Waals surface area contributed by atoms with E-state index in [1.165, 1.54) is 6.42 Å². The van der Waals surface area contributed by atoms with Crippen LogP contribution in [-0.4, -0.2) is 10.1 Å². The molecule has 0 amide bonds. The number of hydrogen-bond acceptors (Lipinski definition) is 2. The Bertz CT molecular complexity index is 540. The van der Waals surface area contributed by atoms with Crippen molar-refractivity contribution < 1.29 is 5.11 Å². The van der Waals surface area contributed by atoms with E-state index in [9.17, 15) is 5.11 Å². The second-order valence-corrected chi connectivity index (χ2v) is 5.76. The van der Waals surface area contributed by atoms with Crippen molar-refractivity contribution in [2.75, 3.05) is 0 Å². The molecule has 104 valence electrons. The molecule has 1 heterocycles. The van der Waals surface area contributed by atoms with Crippen LogP contribution in [-0.2, 0) is 12.0 Å². The first-order valence-corrected chi connectivity index (χ1v) is 7.47. The van der Waals surface area contributed by atoms with Gasteiger partial charge in [-0.3, -0.25) is 4.98 Å². The van der Waals surface area contributed by atoms with E-state index in [0.29, 0.717) is 0 Å². The molecular weight excluding hydrogens is 246 g/mol. The zero-order chi connectivity index (χ0) is 13.8. The molecule has 2 heteroatoms. The summed E-state index contributed by atoms with van der Waals surface area (Å²) in [6, 6.07) is 16.1. The molecule has 1 fully saturated rings. The molecule has 0 spiro atoms. The molecule has 0 bridgehead atoms. The first-order chi connectivity index (χ1) is 9.79. The van der Waals surface area contributed by atoms with Crippen LogP contribution in [0.25, 0.3) is 0 Å². The van der Waals surface area contributed by atoms with Crippen molar-refractivity contribution in [3.63, 3.8) is 0 Å². The van der Waals surface area contributed by atoms with Crippen molar-refractivity contribution in [3.05, 3.63) is 66.0 Å². The van der Waals surface area contributed by atoms with Crippen molar-refractivity contribution in [2.24, 2.45) is 5.92 Å². The van der Waals surface area contributed by atoms with Crippen LogP contribution in [0.2, 0.25) is 0 Å². The smallest absolute Gasteiger partial charge is 0.0928 e. The molecule has 1 aromatic carbocycles. The molecule has 3 rings (SSSR count). The predicted molar refractivity (Wildman–Crippen MR) is 80.2 cm³/mol. The van der Waals surface area contributed by atoms with E-state index >= 15 is 0 Å². The molecular formula is C18H21NO. The molecule has 0 aliphatic heterocycles. The summed E-state index contributed by atoms with van der Waals surface area (Å²) in [5.41, 5.74) is 1.44. The van der Waals surface area contributed by atoms with E-state index in [0.717, 1.165) is 36.9 Å². The number of rotatable bonds is 3. The zero-order valence-electron chi connectivity index (χ0n) is 11.7. The van der Waals surface area contributed by atoms with E-state index in [1.807, 2.05) is 36.5 Å². The third-order valence-corrected chi connectivity index (χ3v) is 4.49. The monoisotopic (exact) mass is 267 g/mol. The molecule has 1 saturated carbocycles. The number of aromatic nitrogens is 1. The summed E-state index contributed by atoms with van der Waals surface area (Å²) in [6.45, 7) is 0. The molecule has 2 nitrogen and oxygen atoms in total. The highest BCUT2D eigenvalue weighted by molar-refractivity contribution is 5.24. The fraction of sp³-hybridized carbons (Fsp3) is 0.389. The lowest BCUT2D eigenvalue weighted by atomic mass is 9.70. The van der Waals surface area contributed by atoms with Crippen LogP contribution in [0.3, 0.4) is 0 Å². The van der Waals surface area contributed by atoms with Crippen molar-refractivity contribution in [1.29, 1.82) is 0 Å². The van der Waals surface area contributed by atoms with E-state index in [-0.39, 0.29) is 5.92 Å². The van der Waals surface area contributed by atoms with Crippen LogP contribution < -0.4 is 0 Å². The number of hydrogen-bond donors (Lipinski definition) is 1. The van der Waals surface area contributed by atoms with Gasteiger partial charge in [0.05, 0.1) is 5.60 Å². The average molecular weight is 267 g/mol. The van der Waals surface area contributed by atoms with Gasteiger partial charge in [0.2, 0.25) is 0 Å². The first-order valence-electron chi connectivity index (χ1n) is 7.47. The number of nitrogens with zero attached hydrogens (tertiary/aromatic N) is 1. The highest BCUT2D eigenvalue weighted by atomic mass is 16.3. The van der Waals surface area contributed by atoms with Crippen LogP contribution in [0.4, 0.5) is 0 Å². The lowest BCUT2D eigenvalue weighted by Gasteiger charge is -2.40. The summed E-state index contributed by atoms with van der Waals surface area (Å²) in [7, 11) is 0. The molecule has 0 radical (unpaired) electrons. The standard InChI is InChI=1S/C18H21NO/c20-18(15-8-2-1-3-9-15)12-6-4-10-16(18)14-17-11-5-7-13-19-17/h1-3,5,7-9,11,13,16,20H,4,6,10,12,14H2/t16-,18+/m1/s1. The Labute approximate surface area is 120 Å². The van der Waals surface area contributed by atoms with Crippen LogP contribution in [0, 0.1) is 5.92 Å². The SMILES string of the molecule is O[C@]1(c2ccccc2)CCCC[C@@H]1Cc1ccccn1. The largest absolute Gasteiger partial charge is 0.385 e. The van der Waals surface area contributed by atoms with Crippen LogP contribution >= 0.6 is 0 Å².